The number of thioether (sulfide) groups is 1. The predicted octanol–water partition coefficient (Wildman–Crippen LogP) is 5.44. The van der Waals surface area contributed by atoms with Gasteiger partial charge < -0.3 is 5.32 Å². The van der Waals surface area contributed by atoms with E-state index in [2.05, 4.69) is 36.4 Å². The molecule has 2 aromatic carbocycles. The molecule has 0 saturated carbocycles. The van der Waals surface area contributed by atoms with Crippen molar-refractivity contribution in [3.8, 4) is 17.2 Å². The minimum atomic E-state index is -0.107. The molecule has 0 fully saturated rings. The van der Waals surface area contributed by atoms with Gasteiger partial charge in [0.15, 0.2) is 11.0 Å². The van der Waals surface area contributed by atoms with Crippen molar-refractivity contribution in [1.29, 1.82) is 0 Å². The molecule has 4 aromatic rings. The molecule has 8 heteroatoms. The lowest BCUT2D eigenvalue weighted by Crippen LogP contribution is -2.14. The zero-order chi connectivity index (χ0) is 21.8. The van der Waals surface area contributed by atoms with Crippen molar-refractivity contribution in [3.05, 3.63) is 82.5 Å². The van der Waals surface area contributed by atoms with Gasteiger partial charge in [-0.3, -0.25) is 14.3 Å². The lowest BCUT2D eigenvalue weighted by Gasteiger charge is -2.11. The summed E-state index contributed by atoms with van der Waals surface area (Å²) in [5.41, 5.74) is 4.62. The number of benzene rings is 2. The maximum atomic E-state index is 12.5. The van der Waals surface area contributed by atoms with Gasteiger partial charge in [-0.15, -0.1) is 10.2 Å². The van der Waals surface area contributed by atoms with E-state index in [0.717, 1.165) is 32.7 Å². The number of hydrogen-bond donors (Lipinski definition) is 1. The summed E-state index contributed by atoms with van der Waals surface area (Å²) in [7, 11) is 0. The van der Waals surface area contributed by atoms with Gasteiger partial charge >= 0.3 is 0 Å². The van der Waals surface area contributed by atoms with Gasteiger partial charge in [0.1, 0.15) is 5.69 Å². The van der Waals surface area contributed by atoms with Crippen LogP contribution in [0.25, 0.3) is 17.2 Å². The van der Waals surface area contributed by atoms with Gasteiger partial charge in [0.05, 0.1) is 5.75 Å². The molecule has 1 amide bonds. The average molecular weight is 494 g/mol. The topological polar surface area (TPSA) is 72.7 Å². The monoisotopic (exact) mass is 493 g/mol. The number of rotatable bonds is 6. The Morgan fingerprint density at radius 2 is 1.87 bits per heavy atom. The summed E-state index contributed by atoms with van der Waals surface area (Å²) in [5, 5.41) is 12.3. The van der Waals surface area contributed by atoms with Crippen LogP contribution in [-0.4, -0.2) is 31.4 Å². The summed E-state index contributed by atoms with van der Waals surface area (Å²) >= 11 is 4.81. The molecule has 0 aliphatic rings. The van der Waals surface area contributed by atoms with Crippen molar-refractivity contribution >= 4 is 39.3 Å². The number of hydrogen-bond acceptors (Lipinski definition) is 5. The van der Waals surface area contributed by atoms with Crippen molar-refractivity contribution < 1.29 is 4.79 Å². The van der Waals surface area contributed by atoms with E-state index in [1.807, 2.05) is 79.1 Å². The molecule has 4 rings (SSSR count). The third-order valence-electron chi connectivity index (χ3n) is 4.59. The highest BCUT2D eigenvalue weighted by atomic mass is 79.9. The lowest BCUT2D eigenvalue weighted by molar-refractivity contribution is -0.113. The zero-order valence-electron chi connectivity index (χ0n) is 17.0. The third kappa shape index (κ3) is 5.03. The molecule has 0 unspecified atom stereocenters. The summed E-state index contributed by atoms with van der Waals surface area (Å²) in [6.07, 6.45) is 1.73. The normalized spacial score (nSPS) is 10.8. The van der Waals surface area contributed by atoms with Crippen molar-refractivity contribution in [2.24, 2.45) is 0 Å². The Balaban J connectivity index is 1.57. The molecule has 0 saturated heterocycles. The van der Waals surface area contributed by atoms with E-state index in [-0.39, 0.29) is 11.7 Å². The fourth-order valence-electron chi connectivity index (χ4n) is 3.00. The van der Waals surface area contributed by atoms with E-state index in [4.69, 9.17) is 0 Å². The molecular weight excluding hydrogens is 474 g/mol. The molecule has 6 nitrogen and oxygen atoms in total. The van der Waals surface area contributed by atoms with Crippen LogP contribution in [0.4, 0.5) is 5.69 Å². The number of halogens is 1. The number of anilines is 1. The standard InChI is InChI=1S/C23H20BrN5OS/c1-15-6-9-18(10-7-15)29-22(20-5-3-4-12-25-20)27-28-23(29)31-14-21(30)26-17-8-11-19(24)16(2)13-17/h3-13H,14H2,1-2H3,(H,26,30). The number of pyridine rings is 1. The maximum absolute atomic E-state index is 12.5. The zero-order valence-corrected chi connectivity index (χ0v) is 19.4. The van der Waals surface area contributed by atoms with E-state index in [0.29, 0.717) is 11.0 Å². The van der Waals surface area contributed by atoms with Crippen LogP contribution < -0.4 is 5.32 Å². The Hall–Kier alpha value is -2.97. The average Bonchev–Trinajstić information content (AvgIpc) is 3.20. The molecule has 0 bridgehead atoms. The number of carbonyl (C=O) groups excluding carboxylic acids is 1. The highest BCUT2D eigenvalue weighted by Crippen LogP contribution is 2.27. The summed E-state index contributed by atoms with van der Waals surface area (Å²) < 4.78 is 2.94. The molecule has 2 aromatic heterocycles. The second-order valence-electron chi connectivity index (χ2n) is 6.99. The van der Waals surface area contributed by atoms with Crippen LogP contribution in [0.2, 0.25) is 0 Å². The minimum Gasteiger partial charge on any atom is -0.325 e. The van der Waals surface area contributed by atoms with Crippen LogP contribution in [0, 0.1) is 13.8 Å². The van der Waals surface area contributed by atoms with Crippen molar-refractivity contribution in [2.45, 2.75) is 19.0 Å². The molecule has 0 radical (unpaired) electrons. The van der Waals surface area contributed by atoms with E-state index < -0.39 is 0 Å². The van der Waals surface area contributed by atoms with Gasteiger partial charge in [-0.05, 0) is 61.9 Å². The van der Waals surface area contributed by atoms with Gasteiger partial charge in [-0.1, -0.05) is 51.5 Å². The summed E-state index contributed by atoms with van der Waals surface area (Å²) in [6.45, 7) is 4.02. The first kappa shape index (κ1) is 21.3. The maximum Gasteiger partial charge on any atom is 0.234 e. The molecule has 0 atom stereocenters. The van der Waals surface area contributed by atoms with E-state index in [1.54, 1.807) is 6.20 Å². The van der Waals surface area contributed by atoms with Gasteiger partial charge in [0.25, 0.3) is 0 Å². The van der Waals surface area contributed by atoms with E-state index in [9.17, 15) is 4.79 Å². The van der Waals surface area contributed by atoms with Crippen LogP contribution in [0.5, 0.6) is 0 Å². The Morgan fingerprint density at radius 1 is 1.06 bits per heavy atom. The number of aryl methyl sites for hydroxylation is 2. The van der Waals surface area contributed by atoms with E-state index in [1.165, 1.54) is 11.8 Å². The second kappa shape index (κ2) is 9.45. The molecule has 0 aliphatic carbocycles. The first-order valence-electron chi connectivity index (χ1n) is 9.64. The van der Waals surface area contributed by atoms with Gasteiger partial charge in [-0.2, -0.15) is 0 Å². The van der Waals surface area contributed by atoms with Crippen LogP contribution >= 0.6 is 27.7 Å². The molecule has 0 aliphatic heterocycles. The third-order valence-corrected chi connectivity index (χ3v) is 6.41. The lowest BCUT2D eigenvalue weighted by atomic mass is 10.2. The smallest absolute Gasteiger partial charge is 0.234 e. The highest BCUT2D eigenvalue weighted by Gasteiger charge is 2.18. The predicted molar refractivity (Wildman–Crippen MR) is 128 cm³/mol. The van der Waals surface area contributed by atoms with Gasteiger partial charge in [0.2, 0.25) is 5.91 Å². The van der Waals surface area contributed by atoms with Gasteiger partial charge in [-0.25, -0.2) is 0 Å². The Bertz CT molecular complexity index is 1210. The van der Waals surface area contributed by atoms with Crippen LogP contribution in [-0.2, 0) is 4.79 Å². The van der Waals surface area contributed by atoms with Crippen LogP contribution in [0.1, 0.15) is 11.1 Å². The minimum absolute atomic E-state index is 0.107. The van der Waals surface area contributed by atoms with Crippen molar-refractivity contribution in [3.63, 3.8) is 0 Å². The molecule has 156 valence electrons. The summed E-state index contributed by atoms with van der Waals surface area (Å²) in [5.74, 6) is 0.738. The molecule has 0 spiro atoms. The molecule has 1 N–H and O–H groups in total. The second-order valence-corrected chi connectivity index (χ2v) is 8.79. The number of aromatic nitrogens is 4. The molecule has 2 heterocycles. The van der Waals surface area contributed by atoms with Crippen LogP contribution in [0.15, 0.2) is 76.5 Å². The Morgan fingerprint density at radius 3 is 2.58 bits per heavy atom. The van der Waals surface area contributed by atoms with Crippen LogP contribution in [0.3, 0.4) is 0 Å². The Kier molecular flexibility index (Phi) is 6.48. The summed E-state index contributed by atoms with van der Waals surface area (Å²) in [6, 6.07) is 19.5. The number of nitrogens with zero attached hydrogens (tertiary/aromatic N) is 4. The largest absolute Gasteiger partial charge is 0.325 e. The van der Waals surface area contributed by atoms with E-state index >= 15 is 0 Å². The van der Waals surface area contributed by atoms with Crippen molar-refractivity contribution in [1.82, 2.24) is 19.7 Å². The number of carbonyl (C=O) groups is 1. The SMILES string of the molecule is Cc1ccc(-n2c(SCC(=O)Nc3ccc(Br)c(C)c3)nnc2-c2ccccn2)cc1. The summed E-state index contributed by atoms with van der Waals surface area (Å²) in [4.78, 5) is 17.0. The number of nitrogens with one attached hydrogen (secondary N) is 1. The molecule has 31 heavy (non-hydrogen) atoms. The Labute approximate surface area is 193 Å². The first-order valence-corrected chi connectivity index (χ1v) is 11.4. The first-order chi connectivity index (χ1) is 15.0. The van der Waals surface area contributed by atoms with Gasteiger partial charge in [0, 0.05) is 22.0 Å². The highest BCUT2D eigenvalue weighted by molar-refractivity contribution is 9.10. The molecular formula is C23H20BrN5OS. The van der Waals surface area contributed by atoms with Crippen molar-refractivity contribution in [2.75, 3.05) is 11.1 Å². The fraction of sp³-hybridized carbons (Fsp3) is 0.130. The number of amides is 1. The quantitative estimate of drug-likeness (QED) is 0.362. The fourth-order valence-corrected chi connectivity index (χ4v) is 4.00.